The van der Waals surface area contributed by atoms with Gasteiger partial charge in [0, 0.05) is 60.5 Å². The fourth-order valence-corrected chi connectivity index (χ4v) is 5.34. The Morgan fingerprint density at radius 2 is 1.24 bits per heavy atom. The second-order valence-electron chi connectivity index (χ2n) is 11.1. The third kappa shape index (κ3) is 6.72. The highest BCUT2D eigenvalue weighted by molar-refractivity contribution is 6.09. The largest absolute Gasteiger partial charge is 0.393 e. The molecule has 0 atom stereocenters. The van der Waals surface area contributed by atoms with Crippen LogP contribution in [-0.2, 0) is 12.8 Å². The van der Waals surface area contributed by atoms with Crippen LogP contribution >= 0.6 is 0 Å². The lowest BCUT2D eigenvalue weighted by Gasteiger charge is -2.31. The lowest BCUT2D eigenvalue weighted by Crippen LogP contribution is -2.35. The first-order valence-corrected chi connectivity index (χ1v) is 14.3. The number of hydrogen-bond donors (Lipinski definition) is 1. The molecule has 0 bridgehead atoms. The number of anilines is 1. The van der Waals surface area contributed by atoms with E-state index in [1.807, 2.05) is 85.3 Å². The van der Waals surface area contributed by atoms with Crippen molar-refractivity contribution in [1.82, 2.24) is 4.57 Å². The fraction of sp³-hybridized carbons (Fsp3) is 0.286. The minimum atomic E-state index is -0.217. The van der Waals surface area contributed by atoms with E-state index in [1.165, 1.54) is 0 Å². The summed E-state index contributed by atoms with van der Waals surface area (Å²) in [5.41, 5.74) is 5.23. The van der Waals surface area contributed by atoms with Gasteiger partial charge in [-0.05, 0) is 74.2 Å². The third-order valence-corrected chi connectivity index (χ3v) is 7.80. The molecule has 0 aliphatic carbocycles. The van der Waals surface area contributed by atoms with Gasteiger partial charge in [0.1, 0.15) is 0 Å². The van der Waals surface area contributed by atoms with E-state index in [2.05, 4.69) is 4.90 Å². The van der Waals surface area contributed by atoms with Crippen LogP contribution in [0, 0.1) is 0 Å². The fourth-order valence-electron chi connectivity index (χ4n) is 5.34. The van der Waals surface area contributed by atoms with Gasteiger partial charge in [0.15, 0.2) is 17.3 Å². The predicted molar refractivity (Wildman–Crippen MR) is 161 cm³/mol. The second-order valence-corrected chi connectivity index (χ2v) is 11.1. The second kappa shape index (κ2) is 12.5. The number of piperidine rings is 1. The van der Waals surface area contributed by atoms with Gasteiger partial charge in [0.2, 0.25) is 0 Å². The van der Waals surface area contributed by atoms with Crippen molar-refractivity contribution in [2.75, 3.05) is 18.0 Å². The van der Waals surface area contributed by atoms with E-state index < -0.39 is 0 Å². The highest BCUT2D eigenvalue weighted by Gasteiger charge is 2.18. The van der Waals surface area contributed by atoms with Crippen molar-refractivity contribution in [3.05, 3.63) is 125 Å². The summed E-state index contributed by atoms with van der Waals surface area (Å²) in [6.07, 6.45) is 3.76. The van der Waals surface area contributed by atoms with Crippen LogP contribution in [0.3, 0.4) is 0 Å². The van der Waals surface area contributed by atoms with Crippen molar-refractivity contribution in [3.8, 4) is 0 Å². The van der Waals surface area contributed by atoms with Crippen molar-refractivity contribution in [2.45, 2.75) is 51.7 Å². The molecule has 1 N–H and O–H groups in total. The Hall–Kier alpha value is -4.29. The summed E-state index contributed by atoms with van der Waals surface area (Å²) in [5.74, 6) is -0.0302. The molecule has 2 heterocycles. The molecule has 0 saturated carbocycles. The first-order chi connectivity index (χ1) is 19.8. The molecule has 4 aromatic rings. The van der Waals surface area contributed by atoms with Gasteiger partial charge in [-0.2, -0.15) is 0 Å². The lowest BCUT2D eigenvalue weighted by atomic mass is 9.97. The van der Waals surface area contributed by atoms with E-state index in [9.17, 15) is 19.5 Å². The Kier molecular flexibility index (Phi) is 8.60. The molecule has 1 saturated heterocycles. The van der Waals surface area contributed by atoms with Crippen LogP contribution in [0.15, 0.2) is 91.1 Å². The zero-order chi connectivity index (χ0) is 28.9. The van der Waals surface area contributed by atoms with Crippen molar-refractivity contribution < 1.29 is 19.5 Å². The standard InChI is InChI=1S/C35H36N2O4/c1-24(2)37-19-3-4-32(37)34(40)23-26-7-11-29(12-8-26)35(41)28-9-5-25(6-10-28)22-33(39)27-13-15-30(16-14-27)36-20-17-31(38)18-21-36/h3-16,19,24,31,38H,17-18,20-23H2,1-2H3. The average Bonchev–Trinajstić information content (AvgIpc) is 3.49. The molecular weight excluding hydrogens is 512 g/mol. The molecule has 41 heavy (non-hydrogen) atoms. The smallest absolute Gasteiger partial charge is 0.193 e. The highest BCUT2D eigenvalue weighted by Crippen LogP contribution is 2.22. The summed E-state index contributed by atoms with van der Waals surface area (Å²) in [6.45, 7) is 5.73. The molecule has 1 fully saturated rings. The maximum Gasteiger partial charge on any atom is 0.193 e. The lowest BCUT2D eigenvalue weighted by molar-refractivity contribution is 0.0978. The van der Waals surface area contributed by atoms with Crippen molar-refractivity contribution in [1.29, 1.82) is 0 Å². The van der Waals surface area contributed by atoms with Crippen molar-refractivity contribution in [2.24, 2.45) is 0 Å². The molecule has 0 amide bonds. The topological polar surface area (TPSA) is 79.6 Å². The number of aliphatic hydroxyl groups excluding tert-OH is 1. The molecule has 1 aliphatic heterocycles. The molecule has 1 aliphatic rings. The number of benzene rings is 3. The van der Waals surface area contributed by atoms with Crippen molar-refractivity contribution in [3.63, 3.8) is 0 Å². The maximum absolute atomic E-state index is 13.1. The Bertz CT molecular complexity index is 1510. The SMILES string of the molecule is CC(C)n1cccc1C(=O)Cc1ccc(C(=O)c2ccc(CC(=O)c3ccc(N4CCC(O)CC4)cc3)cc2)cc1. The number of aromatic nitrogens is 1. The monoisotopic (exact) mass is 548 g/mol. The molecule has 3 aromatic carbocycles. The van der Waals surface area contributed by atoms with Gasteiger partial charge in [-0.3, -0.25) is 14.4 Å². The number of carbonyl (C=O) groups excluding carboxylic acids is 3. The zero-order valence-corrected chi connectivity index (χ0v) is 23.6. The number of carbonyl (C=O) groups is 3. The quantitative estimate of drug-likeness (QED) is 0.242. The number of ketones is 3. The number of rotatable bonds is 10. The van der Waals surface area contributed by atoms with Gasteiger partial charge in [-0.25, -0.2) is 0 Å². The minimum absolute atomic E-state index is 0.0236. The number of aliphatic hydroxyl groups is 1. The Labute approximate surface area is 241 Å². The predicted octanol–water partition coefficient (Wildman–Crippen LogP) is 6.11. The number of Topliss-reactive ketones (excluding diaryl/α,β-unsaturated/α-hetero) is 2. The molecule has 0 spiro atoms. The first-order valence-electron chi connectivity index (χ1n) is 14.3. The third-order valence-electron chi connectivity index (χ3n) is 7.80. The van der Waals surface area contributed by atoms with E-state index in [4.69, 9.17) is 0 Å². The normalized spacial score (nSPS) is 13.9. The van der Waals surface area contributed by atoms with Crippen LogP contribution in [-0.4, -0.2) is 46.2 Å². The van der Waals surface area contributed by atoms with Gasteiger partial charge < -0.3 is 14.6 Å². The zero-order valence-electron chi connectivity index (χ0n) is 23.6. The number of nitrogens with zero attached hydrogens (tertiary/aromatic N) is 2. The molecule has 0 unspecified atom stereocenters. The molecule has 6 nitrogen and oxygen atoms in total. The summed E-state index contributed by atoms with van der Waals surface area (Å²) in [7, 11) is 0. The van der Waals surface area contributed by atoms with E-state index >= 15 is 0 Å². The molecule has 5 rings (SSSR count). The van der Waals surface area contributed by atoms with E-state index in [0.717, 1.165) is 42.7 Å². The van der Waals surface area contributed by atoms with Gasteiger partial charge in [0.25, 0.3) is 0 Å². The van der Waals surface area contributed by atoms with Crippen LogP contribution in [0.2, 0.25) is 0 Å². The maximum atomic E-state index is 13.1. The summed E-state index contributed by atoms with van der Waals surface area (Å²) >= 11 is 0. The Morgan fingerprint density at radius 3 is 1.78 bits per heavy atom. The highest BCUT2D eigenvalue weighted by atomic mass is 16.3. The first kappa shape index (κ1) is 28.2. The van der Waals surface area contributed by atoms with Crippen LogP contribution in [0.25, 0.3) is 0 Å². The van der Waals surface area contributed by atoms with Gasteiger partial charge in [-0.15, -0.1) is 0 Å². The summed E-state index contributed by atoms with van der Waals surface area (Å²) in [4.78, 5) is 41.0. The Balaban J connectivity index is 1.17. The number of hydrogen-bond acceptors (Lipinski definition) is 5. The Morgan fingerprint density at radius 1 is 0.732 bits per heavy atom. The van der Waals surface area contributed by atoms with E-state index in [1.54, 1.807) is 24.3 Å². The van der Waals surface area contributed by atoms with Crippen LogP contribution < -0.4 is 4.90 Å². The van der Waals surface area contributed by atoms with E-state index in [-0.39, 0.29) is 42.3 Å². The molecular formula is C35H36N2O4. The molecule has 210 valence electrons. The van der Waals surface area contributed by atoms with Crippen LogP contribution in [0.1, 0.15) is 80.6 Å². The summed E-state index contributed by atoms with van der Waals surface area (Å²) < 4.78 is 1.97. The minimum Gasteiger partial charge on any atom is -0.393 e. The molecule has 6 heteroatoms. The molecule has 1 aromatic heterocycles. The summed E-state index contributed by atoms with van der Waals surface area (Å²) in [6, 6.07) is 26.0. The molecule has 0 radical (unpaired) electrons. The average molecular weight is 549 g/mol. The van der Waals surface area contributed by atoms with Crippen LogP contribution in [0.4, 0.5) is 5.69 Å². The van der Waals surface area contributed by atoms with Gasteiger partial charge >= 0.3 is 0 Å². The summed E-state index contributed by atoms with van der Waals surface area (Å²) in [5, 5.41) is 9.72. The van der Waals surface area contributed by atoms with Crippen LogP contribution in [0.5, 0.6) is 0 Å². The van der Waals surface area contributed by atoms with Gasteiger partial charge in [0.05, 0.1) is 11.8 Å². The van der Waals surface area contributed by atoms with E-state index in [0.29, 0.717) is 22.4 Å². The van der Waals surface area contributed by atoms with Gasteiger partial charge in [-0.1, -0.05) is 48.5 Å². The van der Waals surface area contributed by atoms with Crippen molar-refractivity contribution >= 4 is 23.0 Å².